The van der Waals surface area contributed by atoms with Crippen molar-refractivity contribution < 1.29 is 14.3 Å². The van der Waals surface area contributed by atoms with Gasteiger partial charge in [-0.15, -0.1) is 0 Å². The molecule has 0 aliphatic rings. The van der Waals surface area contributed by atoms with Crippen molar-refractivity contribution in [3.8, 4) is 17.1 Å². The normalized spacial score (nSPS) is 11.4. The number of hydrogen-bond acceptors (Lipinski definition) is 5. The maximum atomic E-state index is 12.5. The summed E-state index contributed by atoms with van der Waals surface area (Å²) in [5, 5.41) is 5.59. The lowest BCUT2D eigenvalue weighted by atomic mass is 10.0. The maximum Gasteiger partial charge on any atom is 0.226 e. The van der Waals surface area contributed by atoms with Gasteiger partial charge in [0.2, 0.25) is 11.8 Å². The first-order valence-corrected chi connectivity index (χ1v) is 9.13. The number of methoxy groups -OCH3 is 1. The molecule has 3 rings (SSSR count). The first kappa shape index (κ1) is 20.0. The largest absolute Gasteiger partial charge is 0.497 e. The molecule has 0 saturated heterocycles. The van der Waals surface area contributed by atoms with Crippen LogP contribution in [0.2, 0.25) is 0 Å². The number of anilines is 1. The Balaban J connectivity index is 1.67. The number of rotatable bonds is 7. The van der Waals surface area contributed by atoms with E-state index in [9.17, 15) is 9.59 Å². The average Bonchev–Trinajstić information content (AvgIpc) is 2.74. The van der Waals surface area contributed by atoms with Crippen LogP contribution in [0.5, 0.6) is 5.75 Å². The van der Waals surface area contributed by atoms with E-state index in [1.54, 1.807) is 31.6 Å². The number of nitrogens with zero attached hydrogens (tertiary/aromatic N) is 2. The van der Waals surface area contributed by atoms with Gasteiger partial charge in [-0.25, -0.2) is 9.97 Å². The van der Waals surface area contributed by atoms with Gasteiger partial charge < -0.3 is 15.4 Å². The molecule has 1 aromatic heterocycles. The van der Waals surface area contributed by atoms with Gasteiger partial charge in [0.25, 0.3) is 0 Å². The van der Waals surface area contributed by atoms with Crippen molar-refractivity contribution in [2.75, 3.05) is 12.4 Å². The molecule has 0 fully saturated rings. The summed E-state index contributed by atoms with van der Waals surface area (Å²) in [5.74, 6) is 0.818. The van der Waals surface area contributed by atoms with E-state index >= 15 is 0 Å². The van der Waals surface area contributed by atoms with E-state index in [0.29, 0.717) is 17.3 Å². The Morgan fingerprint density at radius 2 is 1.66 bits per heavy atom. The Bertz CT molecular complexity index is 958. The third-order valence-corrected chi connectivity index (χ3v) is 4.25. The SMILES string of the molecule is COc1ccc(C(CC(=O)Nc2cnc(-c3ccccc3)nc2)NC(C)=O)cc1. The molecule has 2 N–H and O–H groups in total. The highest BCUT2D eigenvalue weighted by molar-refractivity contribution is 5.91. The number of carbonyl (C=O) groups excluding carboxylic acids is 2. The Hall–Kier alpha value is -3.74. The maximum absolute atomic E-state index is 12.5. The minimum absolute atomic E-state index is 0.0757. The molecular weight excluding hydrogens is 368 g/mol. The molecule has 0 bridgehead atoms. The Morgan fingerprint density at radius 3 is 2.24 bits per heavy atom. The first-order valence-electron chi connectivity index (χ1n) is 9.13. The monoisotopic (exact) mass is 390 g/mol. The average molecular weight is 390 g/mol. The number of hydrogen-bond donors (Lipinski definition) is 2. The third kappa shape index (κ3) is 5.62. The van der Waals surface area contributed by atoms with Gasteiger partial charge >= 0.3 is 0 Å². The van der Waals surface area contributed by atoms with E-state index < -0.39 is 6.04 Å². The molecule has 1 heterocycles. The molecule has 1 unspecified atom stereocenters. The summed E-state index contributed by atoms with van der Waals surface area (Å²) in [6.45, 7) is 1.42. The molecule has 29 heavy (non-hydrogen) atoms. The summed E-state index contributed by atoms with van der Waals surface area (Å²) in [5.41, 5.74) is 2.20. The van der Waals surface area contributed by atoms with Crippen LogP contribution in [0.25, 0.3) is 11.4 Å². The molecule has 3 aromatic rings. The predicted octanol–water partition coefficient (Wildman–Crippen LogP) is 3.36. The molecule has 0 radical (unpaired) electrons. The molecule has 2 amide bonds. The van der Waals surface area contributed by atoms with Crippen LogP contribution >= 0.6 is 0 Å². The van der Waals surface area contributed by atoms with Gasteiger partial charge in [0.05, 0.1) is 37.7 Å². The molecule has 1 atom stereocenters. The second kappa shape index (κ2) is 9.45. The number of ether oxygens (including phenoxy) is 1. The van der Waals surface area contributed by atoms with E-state index in [0.717, 1.165) is 11.1 Å². The highest BCUT2D eigenvalue weighted by Gasteiger charge is 2.17. The molecule has 7 nitrogen and oxygen atoms in total. The Morgan fingerprint density at radius 1 is 1.00 bits per heavy atom. The summed E-state index contributed by atoms with van der Waals surface area (Å²) in [7, 11) is 1.58. The fourth-order valence-electron chi connectivity index (χ4n) is 2.86. The Kier molecular flexibility index (Phi) is 6.52. The molecule has 2 aromatic carbocycles. The van der Waals surface area contributed by atoms with E-state index in [1.807, 2.05) is 42.5 Å². The smallest absolute Gasteiger partial charge is 0.226 e. The van der Waals surface area contributed by atoms with Crippen LogP contribution in [-0.4, -0.2) is 28.9 Å². The van der Waals surface area contributed by atoms with Crippen molar-refractivity contribution in [3.05, 3.63) is 72.6 Å². The fourth-order valence-corrected chi connectivity index (χ4v) is 2.86. The van der Waals surface area contributed by atoms with Crippen molar-refractivity contribution in [1.29, 1.82) is 0 Å². The van der Waals surface area contributed by atoms with E-state index in [4.69, 9.17) is 4.74 Å². The molecular formula is C22H22N4O3. The zero-order valence-corrected chi connectivity index (χ0v) is 16.3. The van der Waals surface area contributed by atoms with Gasteiger partial charge in [0, 0.05) is 12.5 Å². The molecule has 0 aliphatic carbocycles. The molecule has 7 heteroatoms. The number of carbonyl (C=O) groups is 2. The summed E-state index contributed by atoms with van der Waals surface area (Å²) in [6.07, 6.45) is 3.20. The number of benzene rings is 2. The van der Waals surface area contributed by atoms with Crippen molar-refractivity contribution in [3.63, 3.8) is 0 Å². The lowest BCUT2D eigenvalue weighted by Gasteiger charge is -2.18. The molecule has 0 saturated carbocycles. The summed E-state index contributed by atoms with van der Waals surface area (Å²) in [4.78, 5) is 32.7. The third-order valence-electron chi connectivity index (χ3n) is 4.25. The van der Waals surface area contributed by atoms with Gasteiger partial charge in [-0.2, -0.15) is 0 Å². The van der Waals surface area contributed by atoms with Crippen molar-refractivity contribution in [1.82, 2.24) is 15.3 Å². The molecule has 148 valence electrons. The van der Waals surface area contributed by atoms with Crippen LogP contribution in [-0.2, 0) is 9.59 Å². The summed E-state index contributed by atoms with van der Waals surface area (Å²) in [6, 6.07) is 16.4. The van der Waals surface area contributed by atoms with Crippen LogP contribution in [0.3, 0.4) is 0 Å². The lowest BCUT2D eigenvalue weighted by Crippen LogP contribution is -2.29. The summed E-state index contributed by atoms with van der Waals surface area (Å²) < 4.78 is 5.15. The van der Waals surface area contributed by atoms with Crippen molar-refractivity contribution in [2.24, 2.45) is 0 Å². The summed E-state index contributed by atoms with van der Waals surface area (Å²) >= 11 is 0. The topological polar surface area (TPSA) is 93.2 Å². The van der Waals surface area contributed by atoms with Crippen LogP contribution in [0.15, 0.2) is 67.0 Å². The number of amides is 2. The van der Waals surface area contributed by atoms with E-state index in [1.165, 1.54) is 6.92 Å². The highest BCUT2D eigenvalue weighted by atomic mass is 16.5. The fraction of sp³-hybridized carbons (Fsp3) is 0.182. The predicted molar refractivity (Wildman–Crippen MR) is 110 cm³/mol. The quantitative estimate of drug-likeness (QED) is 0.645. The first-order chi connectivity index (χ1) is 14.0. The second-order valence-corrected chi connectivity index (χ2v) is 6.44. The molecule has 0 aliphatic heterocycles. The minimum Gasteiger partial charge on any atom is -0.497 e. The lowest BCUT2D eigenvalue weighted by molar-refractivity contribution is -0.120. The van der Waals surface area contributed by atoms with Gasteiger partial charge in [-0.3, -0.25) is 9.59 Å². The zero-order chi connectivity index (χ0) is 20.6. The number of nitrogens with one attached hydrogen (secondary N) is 2. The Labute approximate surface area is 169 Å². The second-order valence-electron chi connectivity index (χ2n) is 6.44. The van der Waals surface area contributed by atoms with Crippen molar-refractivity contribution in [2.45, 2.75) is 19.4 Å². The minimum atomic E-state index is -0.456. The van der Waals surface area contributed by atoms with Gasteiger partial charge in [0.15, 0.2) is 5.82 Å². The van der Waals surface area contributed by atoms with E-state index in [2.05, 4.69) is 20.6 Å². The van der Waals surface area contributed by atoms with Crippen LogP contribution in [0, 0.1) is 0 Å². The standard InChI is InChI=1S/C22H22N4O3/c1-15(27)25-20(16-8-10-19(29-2)11-9-16)12-21(28)26-18-13-23-22(24-14-18)17-6-4-3-5-7-17/h3-11,13-14,20H,12H2,1-2H3,(H,25,27)(H,26,28). The highest BCUT2D eigenvalue weighted by Crippen LogP contribution is 2.21. The van der Waals surface area contributed by atoms with E-state index in [-0.39, 0.29) is 18.2 Å². The zero-order valence-electron chi connectivity index (χ0n) is 16.3. The number of aromatic nitrogens is 2. The van der Waals surface area contributed by atoms with Gasteiger partial charge in [-0.1, -0.05) is 42.5 Å². The van der Waals surface area contributed by atoms with Crippen molar-refractivity contribution >= 4 is 17.5 Å². The van der Waals surface area contributed by atoms with Gasteiger partial charge in [-0.05, 0) is 17.7 Å². The van der Waals surface area contributed by atoms with Crippen LogP contribution in [0.4, 0.5) is 5.69 Å². The van der Waals surface area contributed by atoms with Gasteiger partial charge in [0.1, 0.15) is 5.75 Å². The van der Waals surface area contributed by atoms with Crippen LogP contribution in [0.1, 0.15) is 24.9 Å². The molecule has 0 spiro atoms. The van der Waals surface area contributed by atoms with Crippen LogP contribution < -0.4 is 15.4 Å².